The predicted octanol–water partition coefficient (Wildman–Crippen LogP) is 5.98. The van der Waals surface area contributed by atoms with Crippen molar-refractivity contribution in [3.05, 3.63) is 76.4 Å². The summed E-state index contributed by atoms with van der Waals surface area (Å²) in [6, 6.07) is 10.9. The summed E-state index contributed by atoms with van der Waals surface area (Å²) in [5.41, 5.74) is 7.33. The number of methoxy groups -OCH3 is 1. The molecule has 2 heterocycles. The molecule has 2 aromatic carbocycles. The van der Waals surface area contributed by atoms with Crippen molar-refractivity contribution in [2.45, 2.75) is 32.4 Å². The Morgan fingerprint density at radius 3 is 2.70 bits per heavy atom. The summed E-state index contributed by atoms with van der Waals surface area (Å²) in [6.45, 7) is 6.31. The molecule has 1 atom stereocenters. The number of allylic oxidation sites excluding steroid dienone is 1. The normalized spacial score (nSPS) is 15.6. The number of hydrogen-bond donors (Lipinski definition) is 1. The molecule has 172 valence electrons. The van der Waals surface area contributed by atoms with Gasteiger partial charge in [-0.2, -0.15) is 0 Å². The van der Waals surface area contributed by atoms with Gasteiger partial charge in [-0.3, -0.25) is 0 Å². The molecule has 1 unspecified atom stereocenters. The van der Waals surface area contributed by atoms with Crippen LogP contribution in [0.2, 0.25) is 10.0 Å². The fraction of sp³-hybridized carbons (Fsp3) is 0.250. The van der Waals surface area contributed by atoms with E-state index in [9.17, 15) is 0 Å². The molecule has 9 heteroatoms. The van der Waals surface area contributed by atoms with Gasteiger partial charge in [-0.15, -0.1) is 10.2 Å². The number of fused-ring (bicyclic) bond motifs is 1. The Morgan fingerprint density at radius 1 is 1.18 bits per heavy atom. The Hall–Kier alpha value is -3.16. The summed E-state index contributed by atoms with van der Waals surface area (Å²) in [4.78, 5) is 0. The quantitative estimate of drug-likeness (QED) is 0.413. The summed E-state index contributed by atoms with van der Waals surface area (Å²) in [5, 5.41) is 9.82. The van der Waals surface area contributed by atoms with E-state index < -0.39 is 0 Å². The van der Waals surface area contributed by atoms with E-state index in [-0.39, 0.29) is 6.10 Å². The minimum Gasteiger partial charge on any atom is -0.496 e. The zero-order valence-corrected chi connectivity index (χ0v) is 19.9. The molecular formula is C24H24Cl2N4O3. The van der Waals surface area contributed by atoms with E-state index in [4.69, 9.17) is 43.1 Å². The van der Waals surface area contributed by atoms with E-state index in [1.807, 2.05) is 18.2 Å². The van der Waals surface area contributed by atoms with Crippen LogP contribution >= 0.6 is 23.2 Å². The third kappa shape index (κ3) is 4.79. The molecule has 33 heavy (non-hydrogen) atoms. The van der Waals surface area contributed by atoms with Gasteiger partial charge in [-0.1, -0.05) is 35.8 Å². The Morgan fingerprint density at radius 2 is 2.00 bits per heavy atom. The van der Waals surface area contributed by atoms with Gasteiger partial charge in [0.1, 0.15) is 11.5 Å². The third-order valence-electron chi connectivity index (χ3n) is 5.25. The van der Waals surface area contributed by atoms with Gasteiger partial charge >= 0.3 is 0 Å². The van der Waals surface area contributed by atoms with Crippen LogP contribution in [-0.2, 0) is 11.3 Å². The molecule has 1 aromatic heterocycles. The average molecular weight is 487 g/mol. The fourth-order valence-electron chi connectivity index (χ4n) is 3.78. The molecule has 0 radical (unpaired) electrons. The van der Waals surface area contributed by atoms with Gasteiger partial charge in [0.25, 0.3) is 0 Å². The van der Waals surface area contributed by atoms with Crippen LogP contribution in [0, 0.1) is 0 Å². The zero-order chi connectivity index (χ0) is 23.5. The Balaban J connectivity index is 1.65. The van der Waals surface area contributed by atoms with Crippen molar-refractivity contribution in [1.29, 1.82) is 0 Å². The summed E-state index contributed by atoms with van der Waals surface area (Å²) in [6.07, 6.45) is 2.89. The highest BCUT2D eigenvalue weighted by Gasteiger charge is 2.28. The Labute approximate surface area is 202 Å². The number of aromatic nitrogens is 3. The lowest BCUT2D eigenvalue weighted by molar-refractivity contribution is 0.159. The monoisotopic (exact) mass is 486 g/mol. The molecule has 0 aliphatic carbocycles. The molecule has 2 N–H and O–H groups in total. The Kier molecular flexibility index (Phi) is 6.81. The maximum Gasteiger partial charge on any atom is 0.174 e. The Bertz CT molecular complexity index is 1220. The van der Waals surface area contributed by atoms with Crippen molar-refractivity contribution in [3.63, 3.8) is 0 Å². The molecule has 0 saturated heterocycles. The third-order valence-corrected chi connectivity index (χ3v) is 5.98. The second-order valence-corrected chi connectivity index (χ2v) is 8.42. The summed E-state index contributed by atoms with van der Waals surface area (Å²) in [7, 11) is 1.60. The van der Waals surface area contributed by atoms with Crippen LogP contribution < -0.4 is 15.2 Å². The predicted molar refractivity (Wildman–Crippen MR) is 129 cm³/mol. The first-order chi connectivity index (χ1) is 15.9. The lowest BCUT2D eigenvalue weighted by atomic mass is 10.1. The van der Waals surface area contributed by atoms with E-state index in [0.29, 0.717) is 38.6 Å². The standard InChI is InChI=1S/C24H24Cl2N4O3/c1-14(2)32-22(13-27)17-8-6-15(11-21(17)31-3)23-28-29-24-20(5-4-10-30(23)24)33-16-7-9-18(25)19(26)12-16/h6-9,11-13,20H,1,4-5,10,27H2,2-3H3/b22-13-. The molecule has 0 saturated carbocycles. The first-order valence-electron chi connectivity index (χ1n) is 10.4. The van der Waals surface area contributed by atoms with Gasteiger partial charge in [0.05, 0.1) is 28.5 Å². The first-order valence-corrected chi connectivity index (χ1v) is 11.2. The van der Waals surface area contributed by atoms with Crippen molar-refractivity contribution in [2.75, 3.05) is 7.11 Å². The molecular weight excluding hydrogens is 463 g/mol. The highest BCUT2D eigenvalue weighted by atomic mass is 35.5. The molecule has 0 bridgehead atoms. The van der Waals surface area contributed by atoms with E-state index in [2.05, 4.69) is 21.3 Å². The molecule has 0 fully saturated rings. The molecule has 1 aliphatic rings. The van der Waals surface area contributed by atoms with Crippen LogP contribution in [0.5, 0.6) is 11.5 Å². The molecule has 1 aliphatic heterocycles. The van der Waals surface area contributed by atoms with Crippen LogP contribution in [0.3, 0.4) is 0 Å². The van der Waals surface area contributed by atoms with Crippen LogP contribution in [0.25, 0.3) is 17.1 Å². The number of ether oxygens (including phenoxy) is 3. The molecule has 0 amide bonds. The molecule has 0 spiro atoms. The number of hydrogen-bond acceptors (Lipinski definition) is 6. The van der Waals surface area contributed by atoms with Gasteiger partial charge in [-0.25, -0.2) is 0 Å². The fourth-order valence-corrected chi connectivity index (χ4v) is 4.07. The van der Waals surface area contributed by atoms with Gasteiger partial charge in [0, 0.05) is 24.4 Å². The van der Waals surface area contributed by atoms with Gasteiger partial charge in [0.2, 0.25) is 0 Å². The molecule has 7 nitrogen and oxygen atoms in total. The maximum atomic E-state index is 6.18. The highest BCUT2D eigenvalue weighted by Crippen LogP contribution is 2.36. The van der Waals surface area contributed by atoms with Crippen LogP contribution in [0.4, 0.5) is 0 Å². The SMILES string of the molecule is C=C(C)O/C(=C\N)c1ccc(-c2nnc3n2CCCC3Oc2ccc(Cl)c(Cl)c2)cc1OC. The summed E-state index contributed by atoms with van der Waals surface area (Å²) < 4.78 is 19.5. The number of nitrogens with two attached hydrogens (primary N) is 1. The number of benzene rings is 2. The molecule has 3 aromatic rings. The summed E-state index contributed by atoms with van der Waals surface area (Å²) in [5.74, 6) is 3.72. The zero-order valence-electron chi connectivity index (χ0n) is 18.3. The van der Waals surface area contributed by atoms with Gasteiger partial charge < -0.3 is 24.5 Å². The number of rotatable bonds is 7. The lowest BCUT2D eigenvalue weighted by Crippen LogP contribution is -2.21. The number of nitrogens with zero attached hydrogens (tertiary/aromatic N) is 3. The van der Waals surface area contributed by atoms with Gasteiger partial charge in [-0.05, 0) is 44.0 Å². The molecule has 4 rings (SSSR count). The smallest absolute Gasteiger partial charge is 0.174 e. The largest absolute Gasteiger partial charge is 0.496 e. The highest BCUT2D eigenvalue weighted by molar-refractivity contribution is 6.42. The first kappa shape index (κ1) is 23.0. The summed E-state index contributed by atoms with van der Waals surface area (Å²) >= 11 is 12.2. The van der Waals surface area contributed by atoms with Crippen molar-refractivity contribution in [3.8, 4) is 22.9 Å². The lowest BCUT2D eigenvalue weighted by Gasteiger charge is -2.24. The van der Waals surface area contributed by atoms with Crippen molar-refractivity contribution >= 4 is 29.0 Å². The van der Waals surface area contributed by atoms with Gasteiger partial charge in [0.15, 0.2) is 23.5 Å². The van der Waals surface area contributed by atoms with E-state index >= 15 is 0 Å². The maximum absolute atomic E-state index is 6.18. The topological polar surface area (TPSA) is 84.4 Å². The number of halogens is 2. The second-order valence-electron chi connectivity index (χ2n) is 7.61. The minimum absolute atomic E-state index is 0.242. The van der Waals surface area contributed by atoms with Crippen LogP contribution in [0.15, 0.2) is 54.9 Å². The average Bonchev–Trinajstić information content (AvgIpc) is 3.24. The van der Waals surface area contributed by atoms with E-state index in [1.54, 1.807) is 32.2 Å². The van der Waals surface area contributed by atoms with Crippen molar-refractivity contribution in [2.24, 2.45) is 5.73 Å². The van der Waals surface area contributed by atoms with Crippen molar-refractivity contribution < 1.29 is 14.2 Å². The van der Waals surface area contributed by atoms with Crippen molar-refractivity contribution in [1.82, 2.24) is 14.8 Å². The van der Waals surface area contributed by atoms with Crippen LogP contribution in [-0.4, -0.2) is 21.9 Å². The second kappa shape index (κ2) is 9.77. The van der Waals surface area contributed by atoms with E-state index in [1.165, 1.54) is 6.20 Å². The van der Waals surface area contributed by atoms with E-state index in [0.717, 1.165) is 36.6 Å². The van der Waals surface area contributed by atoms with Crippen LogP contribution in [0.1, 0.15) is 37.3 Å². The minimum atomic E-state index is -0.242.